The topological polar surface area (TPSA) is 52.6 Å². The second-order valence-electron chi connectivity index (χ2n) is 5.54. The Morgan fingerprint density at radius 1 is 1.22 bits per heavy atom. The van der Waals surface area contributed by atoms with Crippen LogP contribution < -0.4 is 19.5 Å². The van der Waals surface area contributed by atoms with E-state index in [1.165, 1.54) is 5.56 Å². The summed E-state index contributed by atoms with van der Waals surface area (Å²) in [5, 5.41) is 3.61. The molecule has 1 aliphatic heterocycles. The van der Waals surface area contributed by atoms with Crippen molar-refractivity contribution in [2.45, 2.75) is 25.4 Å². The molecule has 122 valence electrons. The van der Waals surface area contributed by atoms with Gasteiger partial charge in [0, 0.05) is 36.5 Å². The van der Waals surface area contributed by atoms with E-state index in [-0.39, 0.29) is 6.04 Å². The average molecular weight is 314 g/mol. The molecule has 0 aliphatic carbocycles. The zero-order chi connectivity index (χ0) is 16.1. The lowest BCUT2D eigenvalue weighted by molar-refractivity contribution is 0.312. The largest absolute Gasteiger partial charge is 0.497 e. The maximum absolute atomic E-state index is 5.85. The van der Waals surface area contributed by atoms with Crippen LogP contribution in [0.3, 0.4) is 0 Å². The molecule has 1 N–H and O–H groups in total. The van der Waals surface area contributed by atoms with E-state index in [0.29, 0.717) is 5.88 Å². The van der Waals surface area contributed by atoms with Crippen LogP contribution in [0.5, 0.6) is 17.4 Å². The Kier molecular flexibility index (Phi) is 4.98. The van der Waals surface area contributed by atoms with Crippen LogP contribution in [0.1, 0.15) is 30.0 Å². The summed E-state index contributed by atoms with van der Waals surface area (Å²) < 4.78 is 16.2. The second-order valence-corrected chi connectivity index (χ2v) is 5.54. The zero-order valence-corrected chi connectivity index (χ0v) is 13.5. The Morgan fingerprint density at radius 3 is 2.87 bits per heavy atom. The van der Waals surface area contributed by atoms with Crippen LogP contribution >= 0.6 is 0 Å². The number of hydrogen-bond acceptors (Lipinski definition) is 5. The van der Waals surface area contributed by atoms with Crippen molar-refractivity contribution in [1.82, 2.24) is 10.3 Å². The summed E-state index contributed by atoms with van der Waals surface area (Å²) in [5.74, 6) is 2.37. The van der Waals surface area contributed by atoms with E-state index >= 15 is 0 Å². The number of fused-ring (bicyclic) bond motifs is 1. The molecule has 5 nitrogen and oxygen atoms in total. The van der Waals surface area contributed by atoms with Gasteiger partial charge < -0.3 is 19.5 Å². The van der Waals surface area contributed by atoms with Gasteiger partial charge in [-0.25, -0.2) is 4.98 Å². The molecule has 0 fully saturated rings. The van der Waals surface area contributed by atoms with Gasteiger partial charge in [0.2, 0.25) is 5.88 Å². The molecule has 0 radical (unpaired) electrons. The minimum Gasteiger partial charge on any atom is -0.497 e. The maximum Gasteiger partial charge on any atom is 0.212 e. The first-order valence-electron chi connectivity index (χ1n) is 7.83. The highest BCUT2D eigenvalue weighted by atomic mass is 16.5. The molecule has 1 atom stereocenters. The van der Waals surface area contributed by atoms with Crippen molar-refractivity contribution in [1.29, 1.82) is 0 Å². The van der Waals surface area contributed by atoms with Crippen molar-refractivity contribution in [2.24, 2.45) is 0 Å². The van der Waals surface area contributed by atoms with Crippen molar-refractivity contribution in [3.8, 4) is 17.4 Å². The molecule has 23 heavy (non-hydrogen) atoms. The first-order chi connectivity index (χ1) is 11.3. The van der Waals surface area contributed by atoms with E-state index in [9.17, 15) is 0 Å². The number of benzene rings is 1. The molecule has 0 bridgehead atoms. The predicted octanol–water partition coefficient (Wildman–Crippen LogP) is 3.10. The monoisotopic (exact) mass is 314 g/mol. The molecule has 0 spiro atoms. The van der Waals surface area contributed by atoms with E-state index < -0.39 is 0 Å². The Morgan fingerprint density at radius 2 is 2.13 bits per heavy atom. The minimum absolute atomic E-state index is 0.264. The summed E-state index contributed by atoms with van der Waals surface area (Å²) in [6.45, 7) is 1.50. The fourth-order valence-corrected chi connectivity index (χ4v) is 2.77. The molecule has 0 saturated carbocycles. The van der Waals surface area contributed by atoms with E-state index in [0.717, 1.165) is 43.1 Å². The molecule has 3 rings (SSSR count). The molecule has 2 heterocycles. The van der Waals surface area contributed by atoms with Crippen LogP contribution in [0.2, 0.25) is 0 Å². The van der Waals surface area contributed by atoms with E-state index in [4.69, 9.17) is 14.2 Å². The van der Waals surface area contributed by atoms with Crippen LogP contribution in [0.4, 0.5) is 0 Å². The van der Waals surface area contributed by atoms with Crippen LogP contribution in [0.25, 0.3) is 0 Å². The molecule has 5 heteroatoms. The second kappa shape index (κ2) is 7.33. The van der Waals surface area contributed by atoms with Crippen molar-refractivity contribution in [3.05, 3.63) is 47.7 Å². The molecule has 0 unspecified atom stereocenters. The predicted molar refractivity (Wildman–Crippen MR) is 88.1 cm³/mol. The summed E-state index contributed by atoms with van der Waals surface area (Å²) in [4.78, 5) is 4.24. The quantitative estimate of drug-likeness (QED) is 0.919. The van der Waals surface area contributed by atoms with E-state index in [2.05, 4.69) is 16.4 Å². The van der Waals surface area contributed by atoms with Crippen LogP contribution in [0.15, 0.2) is 36.5 Å². The van der Waals surface area contributed by atoms with Crippen molar-refractivity contribution in [3.63, 3.8) is 0 Å². The third-order valence-corrected chi connectivity index (χ3v) is 4.05. The number of methoxy groups -OCH3 is 2. The molecule has 0 saturated heterocycles. The molecule has 2 aromatic rings. The Bertz CT molecular complexity index is 643. The van der Waals surface area contributed by atoms with Gasteiger partial charge in [-0.05, 0) is 24.5 Å². The van der Waals surface area contributed by atoms with Crippen molar-refractivity contribution in [2.75, 3.05) is 20.8 Å². The first-order valence-corrected chi connectivity index (χ1v) is 7.83. The number of nitrogens with zero attached hydrogens (tertiary/aromatic N) is 1. The number of rotatable bonds is 5. The van der Waals surface area contributed by atoms with Crippen molar-refractivity contribution >= 4 is 0 Å². The molecule has 1 aliphatic rings. The van der Waals surface area contributed by atoms with Gasteiger partial charge in [0.15, 0.2) is 0 Å². The van der Waals surface area contributed by atoms with Gasteiger partial charge in [-0.2, -0.15) is 0 Å². The summed E-state index contributed by atoms with van der Waals surface area (Å²) in [6, 6.07) is 10.2. The lowest BCUT2D eigenvalue weighted by Gasteiger charge is -2.19. The Balaban J connectivity index is 1.72. The lowest BCUT2D eigenvalue weighted by atomic mass is 10.0. The van der Waals surface area contributed by atoms with Gasteiger partial charge in [-0.15, -0.1) is 0 Å². The zero-order valence-electron chi connectivity index (χ0n) is 13.5. The van der Waals surface area contributed by atoms with Crippen LogP contribution in [-0.4, -0.2) is 25.8 Å². The molecule has 0 amide bonds. The molecule has 1 aromatic carbocycles. The fourth-order valence-electron chi connectivity index (χ4n) is 2.77. The smallest absolute Gasteiger partial charge is 0.212 e. The number of pyridine rings is 1. The first kappa shape index (κ1) is 15.6. The summed E-state index contributed by atoms with van der Waals surface area (Å²) in [6.07, 6.45) is 3.91. The highest BCUT2D eigenvalue weighted by molar-refractivity contribution is 5.43. The van der Waals surface area contributed by atoms with E-state index in [1.54, 1.807) is 14.2 Å². The van der Waals surface area contributed by atoms with Gasteiger partial charge in [-0.1, -0.05) is 12.1 Å². The van der Waals surface area contributed by atoms with Gasteiger partial charge in [0.25, 0.3) is 0 Å². The molecular formula is C18H22N2O3. The van der Waals surface area contributed by atoms with Gasteiger partial charge in [0.1, 0.15) is 11.5 Å². The van der Waals surface area contributed by atoms with Crippen LogP contribution in [0, 0.1) is 0 Å². The maximum atomic E-state index is 5.85. The molecular weight excluding hydrogens is 292 g/mol. The van der Waals surface area contributed by atoms with Gasteiger partial charge >= 0.3 is 0 Å². The van der Waals surface area contributed by atoms with Crippen LogP contribution in [-0.2, 0) is 6.54 Å². The van der Waals surface area contributed by atoms with E-state index in [1.807, 2.05) is 30.5 Å². The third-order valence-electron chi connectivity index (χ3n) is 4.05. The third kappa shape index (κ3) is 3.74. The average Bonchev–Trinajstić information content (AvgIpc) is 2.81. The highest BCUT2D eigenvalue weighted by Crippen LogP contribution is 2.34. The normalized spacial score (nSPS) is 16.9. The summed E-state index contributed by atoms with van der Waals surface area (Å²) in [7, 11) is 3.29. The minimum atomic E-state index is 0.264. The van der Waals surface area contributed by atoms with Gasteiger partial charge in [0.05, 0.1) is 20.8 Å². The Labute approximate surface area is 136 Å². The van der Waals surface area contributed by atoms with Gasteiger partial charge in [-0.3, -0.25) is 0 Å². The number of aromatic nitrogens is 1. The Hall–Kier alpha value is -2.27. The van der Waals surface area contributed by atoms with Crippen molar-refractivity contribution < 1.29 is 14.2 Å². The highest BCUT2D eigenvalue weighted by Gasteiger charge is 2.20. The fraction of sp³-hybridized carbons (Fsp3) is 0.389. The molecule has 1 aromatic heterocycles. The number of ether oxygens (including phenoxy) is 3. The lowest BCUT2D eigenvalue weighted by Crippen LogP contribution is -2.20. The standard InChI is InChI=1S/C18H22N2O3/c1-21-14-6-7-15-16(4-3-9-23-17(15)10-14)19-11-13-5-8-18(22-2)20-12-13/h5-8,10,12,16,19H,3-4,9,11H2,1-2H3/t16-/m1/s1. The number of hydrogen-bond donors (Lipinski definition) is 1. The number of nitrogens with one attached hydrogen (secondary N) is 1. The summed E-state index contributed by atoms with van der Waals surface area (Å²) in [5.41, 5.74) is 2.32. The SMILES string of the molecule is COc1ccc2c(c1)OCCC[C@H]2NCc1ccc(OC)nc1. The summed E-state index contributed by atoms with van der Waals surface area (Å²) >= 11 is 0.